The molecule has 1 fully saturated rings. The Kier molecular flexibility index (Phi) is 6.73. The second-order valence-electron chi connectivity index (χ2n) is 7.22. The lowest BCUT2D eigenvalue weighted by Crippen LogP contribution is -2.47. The first kappa shape index (κ1) is 21.9. The zero-order valence-corrected chi connectivity index (χ0v) is 18.0. The van der Waals surface area contributed by atoms with Crippen LogP contribution < -0.4 is 10.5 Å². The minimum atomic E-state index is -3.80. The smallest absolute Gasteiger partial charge is 0.244 e. The van der Waals surface area contributed by atoms with Gasteiger partial charge in [-0.25, -0.2) is 8.42 Å². The standard InChI is InChI=1S/C20H22Cl2N2O4S/c21-15-6-7-17(22)18(12-15)29(26,27)24-10-8-20(9-11-24,13-19(23)25)14-28-16-4-2-1-3-5-16/h1-7,12H,8-11,13-14H2,(H2,23,25). The summed E-state index contributed by atoms with van der Waals surface area (Å²) in [5, 5.41) is 0.417. The fourth-order valence-corrected chi connectivity index (χ4v) is 5.69. The number of ether oxygens (including phenoxy) is 1. The number of primary amides is 1. The van der Waals surface area contributed by atoms with Gasteiger partial charge in [-0.05, 0) is 43.2 Å². The predicted molar refractivity (Wildman–Crippen MR) is 113 cm³/mol. The van der Waals surface area contributed by atoms with E-state index in [2.05, 4.69) is 0 Å². The molecular formula is C20H22Cl2N2O4S. The van der Waals surface area contributed by atoms with Crippen molar-refractivity contribution in [3.8, 4) is 5.75 Å². The zero-order chi connectivity index (χ0) is 21.1. The van der Waals surface area contributed by atoms with Crippen molar-refractivity contribution in [2.75, 3.05) is 19.7 Å². The number of hydrogen-bond acceptors (Lipinski definition) is 4. The highest BCUT2D eigenvalue weighted by atomic mass is 35.5. The molecule has 0 bridgehead atoms. The van der Waals surface area contributed by atoms with E-state index in [1.807, 2.05) is 30.3 Å². The van der Waals surface area contributed by atoms with Crippen LogP contribution in [0.1, 0.15) is 19.3 Å². The van der Waals surface area contributed by atoms with Crippen molar-refractivity contribution in [2.24, 2.45) is 11.1 Å². The van der Waals surface area contributed by atoms with Crippen LogP contribution in [0, 0.1) is 5.41 Å². The van der Waals surface area contributed by atoms with Gasteiger partial charge in [0.1, 0.15) is 10.6 Å². The van der Waals surface area contributed by atoms with Gasteiger partial charge in [0, 0.05) is 29.9 Å². The number of amides is 1. The number of sulfonamides is 1. The number of hydrogen-bond donors (Lipinski definition) is 1. The number of piperidine rings is 1. The van der Waals surface area contributed by atoms with Crippen LogP contribution in [-0.2, 0) is 14.8 Å². The molecule has 1 aliphatic rings. The molecule has 0 atom stereocenters. The van der Waals surface area contributed by atoms with Crippen LogP contribution in [0.25, 0.3) is 0 Å². The maximum atomic E-state index is 13.0. The highest BCUT2D eigenvalue weighted by molar-refractivity contribution is 7.89. The maximum Gasteiger partial charge on any atom is 0.244 e. The summed E-state index contributed by atoms with van der Waals surface area (Å²) in [6.45, 7) is 0.749. The molecule has 1 heterocycles. The van der Waals surface area contributed by atoms with E-state index < -0.39 is 21.3 Å². The van der Waals surface area contributed by atoms with E-state index >= 15 is 0 Å². The number of halogens is 2. The summed E-state index contributed by atoms with van der Waals surface area (Å²) < 4.78 is 33.3. The highest BCUT2D eigenvalue weighted by Crippen LogP contribution is 2.38. The quantitative estimate of drug-likeness (QED) is 0.687. The molecule has 6 nitrogen and oxygen atoms in total. The third-order valence-electron chi connectivity index (χ3n) is 5.13. The molecule has 0 aliphatic carbocycles. The molecule has 1 aliphatic heterocycles. The molecule has 29 heavy (non-hydrogen) atoms. The number of nitrogens with zero attached hydrogens (tertiary/aromatic N) is 1. The molecule has 2 aromatic carbocycles. The first-order chi connectivity index (χ1) is 13.7. The number of carbonyl (C=O) groups excluding carboxylic acids is 1. The summed E-state index contributed by atoms with van der Waals surface area (Å²) in [5.74, 6) is 0.257. The second-order valence-corrected chi connectivity index (χ2v) is 9.97. The molecular weight excluding hydrogens is 435 g/mol. The Bertz CT molecular complexity index is 975. The summed E-state index contributed by atoms with van der Waals surface area (Å²) in [6, 6.07) is 13.6. The average molecular weight is 457 g/mol. The second kappa shape index (κ2) is 8.92. The van der Waals surface area contributed by atoms with Crippen LogP contribution in [0.15, 0.2) is 53.4 Å². The van der Waals surface area contributed by atoms with Crippen molar-refractivity contribution in [1.29, 1.82) is 0 Å². The molecule has 156 valence electrons. The normalized spacial score (nSPS) is 17.0. The van der Waals surface area contributed by atoms with Crippen molar-refractivity contribution >= 4 is 39.1 Å². The van der Waals surface area contributed by atoms with Crippen LogP contribution in [0.4, 0.5) is 0 Å². The van der Waals surface area contributed by atoms with E-state index in [9.17, 15) is 13.2 Å². The van der Waals surface area contributed by atoms with E-state index in [0.29, 0.717) is 23.6 Å². The van der Waals surface area contributed by atoms with E-state index in [0.717, 1.165) is 0 Å². The molecule has 0 spiro atoms. The molecule has 1 amide bonds. The van der Waals surface area contributed by atoms with E-state index in [4.69, 9.17) is 33.7 Å². The van der Waals surface area contributed by atoms with Gasteiger partial charge in [0.15, 0.2) is 0 Å². The molecule has 0 saturated carbocycles. The van der Waals surface area contributed by atoms with Gasteiger partial charge in [0.2, 0.25) is 15.9 Å². The summed E-state index contributed by atoms with van der Waals surface area (Å²) in [6.07, 6.45) is 1.02. The lowest BCUT2D eigenvalue weighted by atomic mass is 9.76. The van der Waals surface area contributed by atoms with Gasteiger partial charge in [-0.2, -0.15) is 4.31 Å². The third kappa shape index (κ3) is 5.22. The number of benzene rings is 2. The van der Waals surface area contributed by atoms with Crippen LogP contribution in [0.3, 0.4) is 0 Å². The molecule has 0 radical (unpaired) electrons. The van der Waals surface area contributed by atoms with Crippen molar-refractivity contribution in [3.05, 3.63) is 58.6 Å². The Labute approximate surface area is 180 Å². The summed E-state index contributed by atoms with van der Waals surface area (Å²) in [4.78, 5) is 11.6. The monoisotopic (exact) mass is 456 g/mol. The molecule has 0 unspecified atom stereocenters. The van der Waals surface area contributed by atoms with Gasteiger partial charge in [-0.15, -0.1) is 0 Å². The van der Waals surface area contributed by atoms with Gasteiger partial charge in [0.05, 0.1) is 11.6 Å². The topological polar surface area (TPSA) is 89.7 Å². The zero-order valence-electron chi connectivity index (χ0n) is 15.7. The third-order valence-corrected chi connectivity index (χ3v) is 7.75. The highest BCUT2D eigenvalue weighted by Gasteiger charge is 2.40. The summed E-state index contributed by atoms with van der Waals surface area (Å²) in [5.41, 5.74) is 4.95. The molecule has 0 aromatic heterocycles. The lowest BCUT2D eigenvalue weighted by molar-refractivity contribution is -0.121. The minimum Gasteiger partial charge on any atom is -0.493 e. The SMILES string of the molecule is NC(=O)CC1(COc2ccccc2)CCN(S(=O)(=O)c2cc(Cl)ccc2Cl)CC1. The fraction of sp³-hybridized carbons (Fsp3) is 0.350. The van der Waals surface area contributed by atoms with Crippen LogP contribution in [0.2, 0.25) is 10.0 Å². The number of para-hydroxylation sites is 1. The van der Waals surface area contributed by atoms with Crippen LogP contribution in [-0.4, -0.2) is 38.3 Å². The van der Waals surface area contributed by atoms with Crippen LogP contribution >= 0.6 is 23.2 Å². The van der Waals surface area contributed by atoms with Crippen LogP contribution in [0.5, 0.6) is 5.75 Å². The molecule has 2 N–H and O–H groups in total. The largest absolute Gasteiger partial charge is 0.493 e. The van der Waals surface area contributed by atoms with E-state index in [-0.39, 0.29) is 36.0 Å². The Morgan fingerprint density at radius 1 is 1.10 bits per heavy atom. The lowest BCUT2D eigenvalue weighted by Gasteiger charge is -2.40. The Hall–Kier alpha value is -1.80. The first-order valence-electron chi connectivity index (χ1n) is 9.13. The number of nitrogens with two attached hydrogens (primary N) is 1. The average Bonchev–Trinajstić information content (AvgIpc) is 2.69. The van der Waals surface area contributed by atoms with Gasteiger partial charge in [-0.1, -0.05) is 41.4 Å². The summed E-state index contributed by atoms with van der Waals surface area (Å²) in [7, 11) is -3.80. The number of rotatable bonds is 7. The van der Waals surface area contributed by atoms with Crippen molar-refractivity contribution < 1.29 is 17.9 Å². The molecule has 3 rings (SSSR count). The minimum absolute atomic E-state index is 0.0189. The van der Waals surface area contributed by atoms with Gasteiger partial charge >= 0.3 is 0 Å². The van der Waals surface area contributed by atoms with Gasteiger partial charge in [0.25, 0.3) is 0 Å². The van der Waals surface area contributed by atoms with Gasteiger partial charge < -0.3 is 10.5 Å². The van der Waals surface area contributed by atoms with Crippen molar-refractivity contribution in [3.63, 3.8) is 0 Å². The molecule has 2 aromatic rings. The van der Waals surface area contributed by atoms with E-state index in [1.165, 1.54) is 22.5 Å². The molecule has 9 heteroatoms. The predicted octanol–water partition coefficient (Wildman–Crippen LogP) is 3.72. The first-order valence-corrected chi connectivity index (χ1v) is 11.3. The molecule has 1 saturated heterocycles. The van der Waals surface area contributed by atoms with Gasteiger partial charge in [-0.3, -0.25) is 4.79 Å². The Morgan fingerprint density at radius 3 is 2.38 bits per heavy atom. The Morgan fingerprint density at radius 2 is 1.76 bits per heavy atom. The van der Waals surface area contributed by atoms with Crippen molar-refractivity contribution in [1.82, 2.24) is 4.31 Å². The Balaban J connectivity index is 1.75. The number of carbonyl (C=O) groups is 1. The van der Waals surface area contributed by atoms with Crippen molar-refractivity contribution in [2.45, 2.75) is 24.2 Å². The fourth-order valence-electron chi connectivity index (χ4n) is 3.51. The maximum absolute atomic E-state index is 13.0. The summed E-state index contributed by atoms with van der Waals surface area (Å²) >= 11 is 12.1. The van der Waals surface area contributed by atoms with E-state index in [1.54, 1.807) is 0 Å².